The van der Waals surface area contributed by atoms with Gasteiger partial charge in [0, 0.05) is 6.42 Å². The van der Waals surface area contributed by atoms with Crippen LogP contribution in [0.5, 0.6) is 11.5 Å². The number of nitrogens with two attached hydrogens (primary N) is 1. The summed E-state index contributed by atoms with van der Waals surface area (Å²) in [6.45, 7) is 7.32. The number of carboxylic acids is 1. The summed E-state index contributed by atoms with van der Waals surface area (Å²) < 4.78 is 12.0. The summed E-state index contributed by atoms with van der Waals surface area (Å²) in [7, 11) is 1.50. The number of aliphatic hydroxyl groups is 1. The van der Waals surface area contributed by atoms with Crippen molar-refractivity contribution >= 4 is 11.7 Å². The molecule has 0 radical (unpaired) electrons. The van der Waals surface area contributed by atoms with Crippen molar-refractivity contribution in [3.63, 3.8) is 0 Å². The first-order chi connectivity index (χ1) is 16.5. The van der Waals surface area contributed by atoms with E-state index in [0.717, 1.165) is 34.9 Å². The normalized spacial score (nSPS) is 16.5. The second-order valence-electron chi connectivity index (χ2n) is 7.61. The molecule has 7 heteroatoms. The summed E-state index contributed by atoms with van der Waals surface area (Å²) in [6, 6.07) is 15.1. The van der Waals surface area contributed by atoms with Crippen LogP contribution in [0.1, 0.15) is 32.8 Å². The third kappa shape index (κ3) is 6.85. The number of carbonyl (C=O) groups is 1. The molecule has 2 aromatic rings. The fraction of sp³-hybridized carbons (Fsp3) is 0.370. The van der Waals surface area contributed by atoms with Crippen molar-refractivity contribution in [1.29, 1.82) is 0 Å². The number of carboxylic acid groups (broad SMARTS) is 1. The lowest BCUT2D eigenvalue weighted by atomic mass is 9.98. The van der Waals surface area contributed by atoms with Crippen molar-refractivity contribution in [2.75, 3.05) is 25.1 Å². The van der Waals surface area contributed by atoms with E-state index >= 15 is 0 Å². The molecule has 2 unspecified atom stereocenters. The number of aliphatic carboxylic acids is 1. The molecule has 0 spiro atoms. The van der Waals surface area contributed by atoms with E-state index in [0.29, 0.717) is 24.8 Å². The molecule has 4 rings (SSSR count). The summed E-state index contributed by atoms with van der Waals surface area (Å²) in [4.78, 5) is 13.0. The van der Waals surface area contributed by atoms with Gasteiger partial charge < -0.3 is 30.3 Å². The number of benzene rings is 2. The molecule has 7 nitrogen and oxygen atoms in total. The minimum absolute atomic E-state index is 0.0713. The molecule has 184 valence electrons. The Labute approximate surface area is 202 Å². The number of rotatable bonds is 7. The van der Waals surface area contributed by atoms with E-state index in [1.165, 1.54) is 7.05 Å². The average molecular weight is 469 g/mol. The minimum Gasteiger partial charge on any atom is -0.492 e. The van der Waals surface area contributed by atoms with Gasteiger partial charge in [-0.3, -0.25) is 0 Å². The van der Waals surface area contributed by atoms with Gasteiger partial charge in [0.15, 0.2) is 11.9 Å². The number of aliphatic hydroxyl groups excluding tert-OH is 1. The van der Waals surface area contributed by atoms with Crippen LogP contribution in [0.2, 0.25) is 0 Å². The van der Waals surface area contributed by atoms with E-state index in [9.17, 15) is 9.90 Å². The Morgan fingerprint density at radius 2 is 1.85 bits per heavy atom. The first kappa shape index (κ1) is 27.0. The second-order valence-corrected chi connectivity index (χ2v) is 7.61. The number of para-hydroxylation sites is 2. The van der Waals surface area contributed by atoms with Crippen LogP contribution < -0.4 is 20.1 Å². The maximum Gasteiger partial charge on any atom is 0.332 e. The fourth-order valence-corrected chi connectivity index (χ4v) is 3.68. The number of anilines is 1. The van der Waals surface area contributed by atoms with Crippen molar-refractivity contribution in [2.24, 2.45) is 11.7 Å². The van der Waals surface area contributed by atoms with Crippen LogP contribution in [0, 0.1) is 5.92 Å². The number of allylic oxidation sites excluding steroid dienone is 2. The summed E-state index contributed by atoms with van der Waals surface area (Å²) in [6.07, 6.45) is 4.04. The first-order valence-electron chi connectivity index (χ1n) is 11.7. The summed E-state index contributed by atoms with van der Waals surface area (Å²) in [5.41, 5.74) is 7.35. The van der Waals surface area contributed by atoms with Crippen LogP contribution in [0.15, 0.2) is 72.1 Å². The molecular formula is C27H36N2O5. The maximum atomic E-state index is 10.8. The third-order valence-electron chi connectivity index (χ3n) is 5.26. The molecule has 34 heavy (non-hydrogen) atoms. The van der Waals surface area contributed by atoms with Gasteiger partial charge in [0.05, 0.1) is 17.9 Å². The summed E-state index contributed by atoms with van der Waals surface area (Å²) in [5, 5.41) is 18.3. The standard InChI is InChI=1S/C24H25NO5.C2H6.CH5N/c1-16-6-11-20-23(14-16)30-22-5-3-2-4-19(22)25(20)12-13-29-18-9-7-17(8-10-18)15-21(26)24(27)28;2*1-2/h2-5,7-11,14,16,21,26H,6,12-13,15H2,1H3,(H,27,28);1-2H3;2H2,1H3. The highest BCUT2D eigenvalue weighted by Crippen LogP contribution is 2.41. The Balaban J connectivity index is 0.000000970. The fourth-order valence-electron chi connectivity index (χ4n) is 3.68. The van der Waals surface area contributed by atoms with Crippen LogP contribution in [0.25, 0.3) is 0 Å². The van der Waals surface area contributed by atoms with E-state index in [1.807, 2.05) is 38.1 Å². The topological polar surface area (TPSA) is 105 Å². The number of hydrogen-bond acceptors (Lipinski definition) is 6. The highest BCUT2D eigenvalue weighted by atomic mass is 16.5. The van der Waals surface area contributed by atoms with Gasteiger partial charge in [0.2, 0.25) is 0 Å². The van der Waals surface area contributed by atoms with E-state index in [1.54, 1.807) is 24.3 Å². The van der Waals surface area contributed by atoms with Crippen LogP contribution in [-0.2, 0) is 11.2 Å². The highest BCUT2D eigenvalue weighted by molar-refractivity contribution is 5.72. The van der Waals surface area contributed by atoms with Gasteiger partial charge >= 0.3 is 5.97 Å². The molecule has 0 amide bonds. The van der Waals surface area contributed by atoms with Crippen LogP contribution >= 0.6 is 0 Å². The van der Waals surface area contributed by atoms with Crippen LogP contribution in [0.4, 0.5) is 5.69 Å². The third-order valence-corrected chi connectivity index (χ3v) is 5.26. The van der Waals surface area contributed by atoms with Gasteiger partial charge in [0.25, 0.3) is 0 Å². The number of fused-ring (bicyclic) bond motifs is 2. The molecule has 0 bridgehead atoms. The molecule has 2 aliphatic rings. The zero-order valence-electron chi connectivity index (χ0n) is 20.4. The Bertz CT molecular complexity index is 985. The van der Waals surface area contributed by atoms with Crippen LogP contribution in [-0.4, -0.2) is 42.5 Å². The number of ether oxygens (including phenoxy) is 2. The number of hydrogen-bond donors (Lipinski definition) is 3. The molecule has 0 fully saturated rings. The minimum atomic E-state index is -1.40. The van der Waals surface area contributed by atoms with Gasteiger partial charge in [0.1, 0.15) is 18.1 Å². The van der Waals surface area contributed by atoms with E-state index in [4.69, 9.17) is 14.6 Å². The van der Waals surface area contributed by atoms with Crippen molar-refractivity contribution in [3.8, 4) is 11.5 Å². The molecule has 1 aliphatic heterocycles. The Morgan fingerprint density at radius 3 is 2.53 bits per heavy atom. The molecule has 1 aliphatic carbocycles. The molecule has 4 N–H and O–H groups in total. The lowest BCUT2D eigenvalue weighted by Crippen LogP contribution is -2.34. The summed E-state index contributed by atoms with van der Waals surface area (Å²) in [5.74, 6) is 1.67. The first-order valence-corrected chi connectivity index (χ1v) is 11.7. The lowest BCUT2D eigenvalue weighted by molar-refractivity contribution is -0.146. The molecule has 0 saturated carbocycles. The monoisotopic (exact) mass is 468 g/mol. The lowest BCUT2D eigenvalue weighted by Gasteiger charge is -2.36. The predicted molar refractivity (Wildman–Crippen MR) is 135 cm³/mol. The Hall–Kier alpha value is -3.29. The van der Waals surface area contributed by atoms with Gasteiger partial charge in [-0.05, 0) is 55.3 Å². The SMILES string of the molecule is CC.CC1C=C2Oc3ccccc3N(CCOc3ccc(CC(O)C(=O)O)cc3)C2=CC1.CN. The molecule has 0 aromatic heterocycles. The van der Waals surface area contributed by atoms with Gasteiger partial charge in [-0.1, -0.05) is 51.1 Å². The van der Waals surface area contributed by atoms with Gasteiger partial charge in [-0.25, -0.2) is 4.79 Å². The average Bonchev–Trinajstić information content (AvgIpc) is 2.87. The van der Waals surface area contributed by atoms with Gasteiger partial charge in [-0.15, -0.1) is 0 Å². The largest absolute Gasteiger partial charge is 0.492 e. The summed E-state index contributed by atoms with van der Waals surface area (Å²) >= 11 is 0. The predicted octanol–water partition coefficient (Wildman–Crippen LogP) is 4.36. The van der Waals surface area contributed by atoms with Crippen molar-refractivity contribution in [3.05, 3.63) is 77.7 Å². The molecule has 2 aromatic carbocycles. The molecule has 2 atom stereocenters. The smallest absolute Gasteiger partial charge is 0.332 e. The Kier molecular flexibility index (Phi) is 10.6. The van der Waals surface area contributed by atoms with Crippen molar-refractivity contribution < 1.29 is 24.5 Å². The highest BCUT2D eigenvalue weighted by Gasteiger charge is 2.28. The van der Waals surface area contributed by atoms with E-state index in [2.05, 4.69) is 29.7 Å². The van der Waals surface area contributed by atoms with Crippen molar-refractivity contribution in [2.45, 2.75) is 39.7 Å². The zero-order chi connectivity index (χ0) is 25.1. The van der Waals surface area contributed by atoms with Crippen LogP contribution in [0.3, 0.4) is 0 Å². The number of nitrogens with zero attached hydrogens (tertiary/aromatic N) is 1. The molecule has 1 heterocycles. The van der Waals surface area contributed by atoms with Gasteiger partial charge in [-0.2, -0.15) is 0 Å². The van der Waals surface area contributed by atoms with E-state index in [-0.39, 0.29) is 6.42 Å². The van der Waals surface area contributed by atoms with Crippen molar-refractivity contribution in [1.82, 2.24) is 0 Å². The second kappa shape index (κ2) is 13.4. The molecular weight excluding hydrogens is 432 g/mol. The molecule has 0 saturated heterocycles. The zero-order valence-corrected chi connectivity index (χ0v) is 20.4. The Morgan fingerprint density at radius 1 is 1.18 bits per heavy atom. The van der Waals surface area contributed by atoms with E-state index < -0.39 is 12.1 Å². The quantitative estimate of drug-likeness (QED) is 0.554. The maximum absolute atomic E-state index is 10.8.